The number of ether oxygens (including phenoxy) is 1. The first-order valence-electron chi connectivity index (χ1n) is 7.96. The molecule has 1 heterocycles. The number of carbonyl (C=O) groups is 1. The maximum atomic E-state index is 12.6. The summed E-state index contributed by atoms with van der Waals surface area (Å²) in [5.74, 6) is 0.723. The highest BCUT2D eigenvalue weighted by molar-refractivity contribution is 6.05. The fourth-order valence-electron chi connectivity index (χ4n) is 2.91. The number of anilines is 2. The molecule has 1 fully saturated rings. The molecule has 1 saturated heterocycles. The SMILES string of the molecule is COc1ccc(C(=O)N(C)c2ccc(N3CCCC3)cc2)cc1. The van der Waals surface area contributed by atoms with Gasteiger partial charge in [-0.1, -0.05) is 0 Å². The molecule has 0 spiro atoms. The van der Waals surface area contributed by atoms with Crippen molar-refractivity contribution < 1.29 is 9.53 Å². The molecule has 3 rings (SSSR count). The summed E-state index contributed by atoms with van der Waals surface area (Å²) in [7, 11) is 3.42. The predicted molar refractivity (Wildman–Crippen MR) is 93.6 cm³/mol. The second kappa shape index (κ2) is 6.73. The second-order valence-electron chi connectivity index (χ2n) is 5.80. The summed E-state index contributed by atoms with van der Waals surface area (Å²) in [6.07, 6.45) is 2.52. The standard InChI is InChI=1S/C19H22N2O2/c1-20(19(22)15-5-11-18(23-2)12-6-15)16-7-9-17(10-8-16)21-13-3-4-14-21/h5-12H,3-4,13-14H2,1-2H3. The van der Waals surface area contributed by atoms with Gasteiger partial charge in [-0.2, -0.15) is 0 Å². The van der Waals surface area contributed by atoms with Crippen LogP contribution in [0.25, 0.3) is 0 Å². The average Bonchev–Trinajstić information content (AvgIpc) is 3.15. The molecule has 1 amide bonds. The third-order valence-electron chi connectivity index (χ3n) is 4.35. The van der Waals surface area contributed by atoms with E-state index in [1.54, 1.807) is 43.3 Å². The van der Waals surface area contributed by atoms with Gasteiger partial charge in [0.15, 0.2) is 0 Å². The number of methoxy groups -OCH3 is 1. The molecule has 2 aromatic rings. The van der Waals surface area contributed by atoms with Crippen LogP contribution in [0.1, 0.15) is 23.2 Å². The largest absolute Gasteiger partial charge is 0.497 e. The van der Waals surface area contributed by atoms with E-state index in [9.17, 15) is 4.79 Å². The van der Waals surface area contributed by atoms with Crippen LogP contribution in [0.2, 0.25) is 0 Å². The highest BCUT2D eigenvalue weighted by atomic mass is 16.5. The minimum atomic E-state index is -0.0263. The Morgan fingerprint density at radius 3 is 2.17 bits per heavy atom. The third-order valence-corrected chi connectivity index (χ3v) is 4.35. The first kappa shape index (κ1) is 15.4. The predicted octanol–water partition coefficient (Wildman–Crippen LogP) is 3.57. The Hall–Kier alpha value is -2.49. The Morgan fingerprint density at radius 2 is 1.61 bits per heavy atom. The molecule has 0 aromatic heterocycles. The highest BCUT2D eigenvalue weighted by Crippen LogP contribution is 2.24. The summed E-state index contributed by atoms with van der Waals surface area (Å²) in [4.78, 5) is 16.6. The fourth-order valence-corrected chi connectivity index (χ4v) is 2.91. The van der Waals surface area contributed by atoms with Crippen molar-refractivity contribution in [2.45, 2.75) is 12.8 Å². The van der Waals surface area contributed by atoms with Crippen molar-refractivity contribution in [1.29, 1.82) is 0 Å². The summed E-state index contributed by atoms with van der Waals surface area (Å²) in [6, 6.07) is 15.4. The molecule has 23 heavy (non-hydrogen) atoms. The Labute approximate surface area is 137 Å². The van der Waals surface area contributed by atoms with E-state index < -0.39 is 0 Å². The molecule has 0 aliphatic carbocycles. The maximum absolute atomic E-state index is 12.6. The van der Waals surface area contributed by atoms with Gasteiger partial charge in [0.1, 0.15) is 5.75 Å². The van der Waals surface area contributed by atoms with Crippen LogP contribution in [-0.2, 0) is 0 Å². The lowest BCUT2D eigenvalue weighted by molar-refractivity contribution is 0.0993. The minimum Gasteiger partial charge on any atom is -0.497 e. The molecule has 1 aliphatic heterocycles. The van der Waals surface area contributed by atoms with Crippen LogP contribution in [0.4, 0.5) is 11.4 Å². The smallest absolute Gasteiger partial charge is 0.258 e. The van der Waals surface area contributed by atoms with Gasteiger partial charge in [-0.15, -0.1) is 0 Å². The summed E-state index contributed by atoms with van der Waals surface area (Å²) < 4.78 is 5.13. The van der Waals surface area contributed by atoms with Crippen molar-refractivity contribution in [3.8, 4) is 5.75 Å². The molecule has 0 atom stereocenters. The molecular weight excluding hydrogens is 288 g/mol. The van der Waals surface area contributed by atoms with Crippen molar-refractivity contribution >= 4 is 17.3 Å². The van der Waals surface area contributed by atoms with Crippen molar-refractivity contribution in [2.75, 3.05) is 37.0 Å². The van der Waals surface area contributed by atoms with Gasteiger partial charge in [0.2, 0.25) is 0 Å². The van der Waals surface area contributed by atoms with Gasteiger partial charge in [-0.25, -0.2) is 0 Å². The lowest BCUT2D eigenvalue weighted by atomic mass is 10.1. The molecule has 0 N–H and O–H groups in total. The Morgan fingerprint density at radius 1 is 1.00 bits per heavy atom. The van der Waals surface area contributed by atoms with Crippen LogP contribution in [-0.4, -0.2) is 33.2 Å². The Balaban J connectivity index is 1.73. The lowest BCUT2D eigenvalue weighted by Crippen LogP contribution is -2.26. The molecule has 0 unspecified atom stereocenters. The number of amides is 1. The van der Waals surface area contributed by atoms with E-state index in [1.807, 2.05) is 12.1 Å². The van der Waals surface area contributed by atoms with E-state index >= 15 is 0 Å². The highest BCUT2D eigenvalue weighted by Gasteiger charge is 2.15. The van der Waals surface area contributed by atoms with Gasteiger partial charge in [0.05, 0.1) is 7.11 Å². The first-order valence-corrected chi connectivity index (χ1v) is 7.96. The molecule has 4 heteroatoms. The zero-order valence-electron chi connectivity index (χ0n) is 13.7. The lowest BCUT2D eigenvalue weighted by Gasteiger charge is -2.21. The zero-order valence-corrected chi connectivity index (χ0v) is 13.7. The van der Waals surface area contributed by atoms with E-state index in [0.29, 0.717) is 5.56 Å². The molecule has 0 radical (unpaired) electrons. The summed E-state index contributed by atoms with van der Waals surface area (Å²) >= 11 is 0. The van der Waals surface area contributed by atoms with Crippen LogP contribution >= 0.6 is 0 Å². The van der Waals surface area contributed by atoms with Gasteiger partial charge in [0.25, 0.3) is 5.91 Å². The molecule has 2 aromatic carbocycles. The van der Waals surface area contributed by atoms with Gasteiger partial charge in [-0.3, -0.25) is 4.79 Å². The number of benzene rings is 2. The molecule has 1 aliphatic rings. The van der Waals surface area contributed by atoms with E-state index in [0.717, 1.165) is 24.5 Å². The third kappa shape index (κ3) is 3.31. The van der Waals surface area contributed by atoms with Crippen LogP contribution in [0.3, 0.4) is 0 Å². The number of nitrogens with zero attached hydrogens (tertiary/aromatic N) is 2. The van der Waals surface area contributed by atoms with Gasteiger partial charge >= 0.3 is 0 Å². The Bertz CT molecular complexity index is 659. The number of carbonyl (C=O) groups excluding carboxylic acids is 1. The van der Waals surface area contributed by atoms with Crippen molar-refractivity contribution in [1.82, 2.24) is 0 Å². The normalized spacial score (nSPS) is 13.9. The molecule has 0 saturated carbocycles. The van der Waals surface area contributed by atoms with Gasteiger partial charge in [-0.05, 0) is 61.4 Å². The minimum absolute atomic E-state index is 0.0263. The van der Waals surface area contributed by atoms with Gasteiger partial charge < -0.3 is 14.5 Å². The van der Waals surface area contributed by atoms with Crippen LogP contribution < -0.4 is 14.5 Å². The van der Waals surface area contributed by atoms with E-state index in [2.05, 4.69) is 17.0 Å². The Kier molecular flexibility index (Phi) is 4.51. The van der Waals surface area contributed by atoms with Gasteiger partial charge in [0, 0.05) is 37.1 Å². The number of rotatable bonds is 4. The van der Waals surface area contributed by atoms with E-state index in [-0.39, 0.29) is 5.91 Å². The molecule has 0 bridgehead atoms. The van der Waals surface area contributed by atoms with Crippen LogP contribution in [0.5, 0.6) is 5.75 Å². The van der Waals surface area contributed by atoms with Crippen LogP contribution in [0.15, 0.2) is 48.5 Å². The van der Waals surface area contributed by atoms with Crippen molar-refractivity contribution in [2.24, 2.45) is 0 Å². The molecular formula is C19H22N2O2. The average molecular weight is 310 g/mol. The molecule has 120 valence electrons. The zero-order chi connectivity index (χ0) is 16.2. The quantitative estimate of drug-likeness (QED) is 0.865. The van der Waals surface area contributed by atoms with E-state index in [4.69, 9.17) is 4.74 Å². The summed E-state index contributed by atoms with van der Waals surface area (Å²) in [6.45, 7) is 2.25. The summed E-state index contributed by atoms with van der Waals surface area (Å²) in [5, 5.41) is 0. The number of hydrogen-bond acceptors (Lipinski definition) is 3. The molecule has 4 nitrogen and oxygen atoms in total. The number of hydrogen-bond donors (Lipinski definition) is 0. The first-order chi connectivity index (χ1) is 11.2. The van der Waals surface area contributed by atoms with Crippen molar-refractivity contribution in [3.05, 3.63) is 54.1 Å². The monoisotopic (exact) mass is 310 g/mol. The topological polar surface area (TPSA) is 32.8 Å². The van der Waals surface area contributed by atoms with Crippen LogP contribution in [0, 0.1) is 0 Å². The summed E-state index contributed by atoms with van der Waals surface area (Å²) in [5.41, 5.74) is 2.78. The van der Waals surface area contributed by atoms with Crippen molar-refractivity contribution in [3.63, 3.8) is 0 Å². The maximum Gasteiger partial charge on any atom is 0.258 e. The van der Waals surface area contributed by atoms with E-state index in [1.165, 1.54) is 18.5 Å². The fraction of sp³-hybridized carbons (Fsp3) is 0.316. The second-order valence-corrected chi connectivity index (χ2v) is 5.80.